The Bertz CT molecular complexity index is 787. The van der Waals surface area contributed by atoms with Crippen molar-refractivity contribution in [2.45, 2.75) is 18.9 Å². The molecule has 118 valence electrons. The van der Waals surface area contributed by atoms with Crippen LogP contribution in [0.25, 0.3) is 0 Å². The molecule has 0 bridgehead atoms. The van der Waals surface area contributed by atoms with Crippen LogP contribution in [0.5, 0.6) is 0 Å². The molecule has 0 saturated carbocycles. The highest BCUT2D eigenvalue weighted by atomic mass is 32.2. The summed E-state index contributed by atoms with van der Waals surface area (Å²) in [5, 5.41) is 3.18. The Morgan fingerprint density at radius 3 is 3.00 bits per heavy atom. The van der Waals surface area contributed by atoms with Crippen LogP contribution >= 0.6 is 11.8 Å². The van der Waals surface area contributed by atoms with Gasteiger partial charge in [-0.1, -0.05) is 18.3 Å². The zero-order valence-corrected chi connectivity index (χ0v) is 13.3. The quantitative estimate of drug-likeness (QED) is 0.896. The Kier molecular flexibility index (Phi) is 3.91. The Balaban J connectivity index is 1.87. The number of pyridine rings is 1. The second-order valence-electron chi connectivity index (χ2n) is 5.26. The van der Waals surface area contributed by atoms with E-state index in [-0.39, 0.29) is 5.89 Å². The first kappa shape index (κ1) is 15.3. The Labute approximate surface area is 137 Å². The van der Waals surface area contributed by atoms with Crippen molar-refractivity contribution in [1.29, 1.82) is 0 Å². The van der Waals surface area contributed by atoms with Gasteiger partial charge in [-0.15, -0.1) is 0 Å². The average molecular weight is 329 g/mol. The molecule has 0 aromatic carbocycles. The molecule has 3 rings (SSSR count). The molecule has 2 aromatic rings. The number of amides is 1. The lowest BCUT2D eigenvalue weighted by Gasteiger charge is -2.30. The van der Waals surface area contributed by atoms with Crippen molar-refractivity contribution in [3.63, 3.8) is 0 Å². The number of rotatable bonds is 3. The number of oxazole rings is 1. The van der Waals surface area contributed by atoms with Crippen LogP contribution in [-0.4, -0.2) is 21.0 Å². The van der Waals surface area contributed by atoms with Gasteiger partial charge >= 0.3 is 5.91 Å². The predicted octanol–water partition coefficient (Wildman–Crippen LogP) is 2.50. The molecule has 1 amide bonds. The molecule has 3 heterocycles. The van der Waals surface area contributed by atoms with Crippen molar-refractivity contribution in [1.82, 2.24) is 9.97 Å². The van der Waals surface area contributed by atoms with Crippen molar-refractivity contribution < 1.29 is 9.21 Å². The van der Waals surface area contributed by atoms with Crippen molar-refractivity contribution >= 4 is 28.5 Å². The highest BCUT2D eigenvalue weighted by Gasteiger charge is 2.33. The third-order valence-electron chi connectivity index (χ3n) is 3.34. The van der Waals surface area contributed by atoms with E-state index in [1.54, 1.807) is 18.3 Å². The summed E-state index contributed by atoms with van der Waals surface area (Å²) < 4.78 is 4.97. The maximum Gasteiger partial charge on any atom is 0.311 e. The number of anilines is 1. The number of hydrogen-bond donors (Lipinski definition) is 2. The minimum Gasteiger partial charge on any atom is -0.441 e. The van der Waals surface area contributed by atoms with E-state index in [2.05, 4.69) is 26.9 Å². The summed E-state index contributed by atoms with van der Waals surface area (Å²) in [6.07, 6.45) is 5.00. The van der Waals surface area contributed by atoms with Crippen LogP contribution in [0.15, 0.2) is 51.7 Å². The van der Waals surface area contributed by atoms with Gasteiger partial charge < -0.3 is 15.5 Å². The molecule has 3 N–H and O–H groups in total. The lowest BCUT2D eigenvalue weighted by molar-refractivity contribution is 0.0990. The highest BCUT2D eigenvalue weighted by molar-refractivity contribution is 8.17. The molecule has 7 nitrogen and oxygen atoms in total. The van der Waals surface area contributed by atoms with E-state index in [0.29, 0.717) is 23.0 Å². The number of carbonyl (C=O) groups is 1. The molecule has 0 radical (unpaired) electrons. The summed E-state index contributed by atoms with van der Waals surface area (Å²) in [6.45, 7) is 5.91. The van der Waals surface area contributed by atoms with Gasteiger partial charge in [0.25, 0.3) is 5.89 Å². The molecule has 0 spiro atoms. The van der Waals surface area contributed by atoms with Crippen molar-refractivity contribution in [2.24, 2.45) is 10.7 Å². The number of nitrogens with zero attached hydrogens (tertiary/aromatic N) is 3. The van der Waals surface area contributed by atoms with Gasteiger partial charge in [0.15, 0.2) is 5.17 Å². The van der Waals surface area contributed by atoms with Gasteiger partial charge in [-0.2, -0.15) is 0 Å². The highest BCUT2D eigenvalue weighted by Crippen LogP contribution is 2.39. The van der Waals surface area contributed by atoms with Crippen LogP contribution in [0, 0.1) is 0 Å². The normalized spacial score (nSPS) is 20.9. The molecular formula is C15H15N5O2S. The standard InChI is InChI=1S/C15H15N5O2S/c1-9-8-15(2,20-14(16)23-9)11-7-10(3-4-17-11)19-12(21)13-18-5-6-22-13/h3-7H,1,8H2,2H3,(H2,16,20)(H,17,19,21)/t15-/m0/s1. The summed E-state index contributed by atoms with van der Waals surface area (Å²) in [5.41, 5.74) is 6.54. The van der Waals surface area contributed by atoms with Crippen LogP contribution in [0.4, 0.5) is 5.69 Å². The van der Waals surface area contributed by atoms with E-state index >= 15 is 0 Å². The monoisotopic (exact) mass is 329 g/mol. The van der Waals surface area contributed by atoms with Gasteiger partial charge in [-0.25, -0.2) is 9.98 Å². The second-order valence-corrected chi connectivity index (χ2v) is 6.46. The number of nitrogens with two attached hydrogens (primary N) is 1. The summed E-state index contributed by atoms with van der Waals surface area (Å²) >= 11 is 1.37. The summed E-state index contributed by atoms with van der Waals surface area (Å²) in [7, 11) is 0. The smallest absolute Gasteiger partial charge is 0.311 e. The first-order valence-corrected chi connectivity index (χ1v) is 7.66. The SMILES string of the molecule is C=C1C[C@@](C)(c2cc(NC(=O)c3ncco3)ccn2)N=C(N)S1. The van der Waals surface area contributed by atoms with Crippen molar-refractivity contribution in [3.8, 4) is 0 Å². The fourth-order valence-corrected chi connectivity index (χ4v) is 3.24. The maximum atomic E-state index is 12.0. The van der Waals surface area contributed by atoms with Gasteiger partial charge in [0.1, 0.15) is 11.8 Å². The second kappa shape index (κ2) is 5.88. The van der Waals surface area contributed by atoms with Crippen LogP contribution in [0.2, 0.25) is 0 Å². The largest absolute Gasteiger partial charge is 0.441 e. The van der Waals surface area contributed by atoms with Crippen LogP contribution < -0.4 is 11.1 Å². The van der Waals surface area contributed by atoms with Crippen molar-refractivity contribution in [2.75, 3.05) is 5.32 Å². The number of hydrogen-bond acceptors (Lipinski definition) is 7. The lowest BCUT2D eigenvalue weighted by atomic mass is 9.93. The molecule has 8 heteroatoms. The minimum absolute atomic E-state index is 0.000664. The molecule has 0 aliphatic carbocycles. The third-order valence-corrected chi connectivity index (χ3v) is 4.08. The molecule has 2 aromatic heterocycles. The van der Waals surface area contributed by atoms with Crippen LogP contribution in [0.3, 0.4) is 0 Å². The average Bonchev–Trinajstić information content (AvgIpc) is 3.00. The Morgan fingerprint density at radius 2 is 2.30 bits per heavy atom. The van der Waals surface area contributed by atoms with E-state index in [9.17, 15) is 4.79 Å². The van der Waals surface area contributed by atoms with Gasteiger partial charge in [0.2, 0.25) is 0 Å². The van der Waals surface area contributed by atoms with E-state index in [0.717, 1.165) is 4.91 Å². The van der Waals surface area contributed by atoms with E-state index in [1.165, 1.54) is 24.2 Å². The maximum absolute atomic E-state index is 12.0. The topological polar surface area (TPSA) is 106 Å². The minimum atomic E-state index is -0.601. The van der Waals surface area contributed by atoms with Gasteiger partial charge in [0, 0.05) is 18.3 Å². The fraction of sp³-hybridized carbons (Fsp3) is 0.200. The van der Waals surface area contributed by atoms with E-state index in [1.807, 2.05) is 6.92 Å². The Morgan fingerprint density at radius 1 is 1.48 bits per heavy atom. The first-order chi connectivity index (χ1) is 11.0. The number of aliphatic imine (C=N–C) groups is 1. The molecule has 0 saturated heterocycles. The lowest BCUT2D eigenvalue weighted by Crippen LogP contribution is -2.28. The number of thioether (sulfide) groups is 1. The zero-order valence-electron chi connectivity index (χ0n) is 12.4. The fourth-order valence-electron chi connectivity index (χ4n) is 2.34. The molecule has 0 unspecified atom stereocenters. The number of amidine groups is 1. The summed E-state index contributed by atoms with van der Waals surface area (Å²) in [5.74, 6) is -0.428. The van der Waals surface area contributed by atoms with Crippen LogP contribution in [0.1, 0.15) is 29.7 Å². The number of nitrogens with one attached hydrogen (secondary N) is 1. The third kappa shape index (κ3) is 3.26. The van der Waals surface area contributed by atoms with E-state index < -0.39 is 11.4 Å². The number of carbonyl (C=O) groups excluding carboxylic acids is 1. The van der Waals surface area contributed by atoms with Crippen LogP contribution in [-0.2, 0) is 5.54 Å². The molecule has 0 fully saturated rings. The van der Waals surface area contributed by atoms with Crippen molar-refractivity contribution in [3.05, 3.63) is 53.9 Å². The zero-order chi connectivity index (χ0) is 16.4. The van der Waals surface area contributed by atoms with Gasteiger partial charge in [0.05, 0.1) is 11.9 Å². The molecule has 1 aliphatic heterocycles. The predicted molar refractivity (Wildman–Crippen MR) is 89.0 cm³/mol. The molecule has 1 atom stereocenters. The number of aromatic nitrogens is 2. The Hall–Kier alpha value is -2.61. The summed E-state index contributed by atoms with van der Waals surface area (Å²) in [6, 6.07) is 3.45. The van der Waals surface area contributed by atoms with E-state index in [4.69, 9.17) is 10.2 Å². The molecular weight excluding hydrogens is 314 g/mol. The summed E-state index contributed by atoms with van der Waals surface area (Å²) in [4.78, 5) is 25.6. The van der Waals surface area contributed by atoms with Gasteiger partial charge in [-0.3, -0.25) is 9.78 Å². The molecule has 1 aliphatic rings. The molecule has 23 heavy (non-hydrogen) atoms. The first-order valence-electron chi connectivity index (χ1n) is 6.85. The van der Waals surface area contributed by atoms with Gasteiger partial charge in [-0.05, 0) is 24.0 Å².